The molecule has 0 aliphatic heterocycles. The first-order valence-electron chi connectivity index (χ1n) is 24.5. The number of carbonyl (C=O) groups excluding carboxylic acids is 2. The number of aliphatic carboxylic acids is 1. The molecule has 0 aromatic rings. The second-order valence-corrected chi connectivity index (χ2v) is 16.7. The Bertz CT molecular complexity index is 915. The number of amides is 1. The molecule has 1 atom stereocenters. The molecule has 0 bridgehead atoms. The second-order valence-electron chi connectivity index (χ2n) is 16.7. The first-order chi connectivity index (χ1) is 27.5. The third kappa shape index (κ3) is 44.6. The highest BCUT2D eigenvalue weighted by molar-refractivity contribution is 5.80. The van der Waals surface area contributed by atoms with Gasteiger partial charge in [0.15, 0.2) is 0 Å². The summed E-state index contributed by atoms with van der Waals surface area (Å²) in [5, 5.41) is 11.1. The lowest BCUT2D eigenvalue weighted by Gasteiger charge is -2.18. The zero-order valence-corrected chi connectivity index (χ0v) is 37.3. The van der Waals surface area contributed by atoms with Crippen molar-refractivity contribution in [3.8, 4) is 0 Å². The number of allylic oxidation sites excluding steroid dienone is 4. The Morgan fingerprint density at radius 3 is 1.21 bits per heavy atom. The molecule has 1 unspecified atom stereocenters. The van der Waals surface area contributed by atoms with Crippen molar-refractivity contribution in [1.29, 1.82) is 0 Å². The zero-order chi connectivity index (χ0) is 40.8. The van der Waals surface area contributed by atoms with Crippen molar-refractivity contribution in [3.05, 3.63) is 24.3 Å². The van der Waals surface area contributed by atoms with Gasteiger partial charge in [-0.1, -0.05) is 192 Å². The average Bonchev–Trinajstić information content (AvgIpc) is 3.18. The summed E-state index contributed by atoms with van der Waals surface area (Å²) in [6, 6.07) is 0. The van der Waals surface area contributed by atoms with Crippen LogP contribution < -0.4 is 5.32 Å². The SMILES string of the molecule is CCCCCCCCCC/C=C\CCCCCCCCCCCC(=O)OC(CCC/C=C\CCCCCCCCCC)CCCCCCCC(=O)NCC(=O)O. The van der Waals surface area contributed by atoms with E-state index in [-0.39, 0.29) is 24.5 Å². The topological polar surface area (TPSA) is 92.7 Å². The minimum atomic E-state index is -1.02. The number of rotatable bonds is 45. The van der Waals surface area contributed by atoms with Gasteiger partial charge in [0.05, 0.1) is 0 Å². The molecular formula is C50H93NO5. The fraction of sp³-hybridized carbons (Fsp3) is 0.860. The van der Waals surface area contributed by atoms with Gasteiger partial charge in [0, 0.05) is 12.8 Å². The van der Waals surface area contributed by atoms with Crippen LogP contribution in [0.1, 0.15) is 264 Å². The van der Waals surface area contributed by atoms with Gasteiger partial charge < -0.3 is 15.2 Å². The molecule has 1 amide bonds. The first kappa shape index (κ1) is 53.9. The molecule has 0 radical (unpaired) electrons. The number of hydrogen-bond acceptors (Lipinski definition) is 4. The average molecular weight is 788 g/mol. The van der Waals surface area contributed by atoms with Gasteiger partial charge in [-0.2, -0.15) is 0 Å². The van der Waals surface area contributed by atoms with Gasteiger partial charge in [-0.3, -0.25) is 14.4 Å². The van der Waals surface area contributed by atoms with E-state index >= 15 is 0 Å². The number of carbonyl (C=O) groups is 3. The van der Waals surface area contributed by atoms with Crippen LogP contribution in [-0.2, 0) is 19.1 Å². The van der Waals surface area contributed by atoms with Gasteiger partial charge in [-0.05, 0) is 83.5 Å². The summed E-state index contributed by atoms with van der Waals surface area (Å²) in [6.45, 7) is 4.24. The van der Waals surface area contributed by atoms with E-state index in [1.165, 1.54) is 167 Å². The summed E-state index contributed by atoms with van der Waals surface area (Å²) in [6.07, 6.45) is 56.0. The Hall–Kier alpha value is -2.11. The van der Waals surface area contributed by atoms with E-state index in [9.17, 15) is 14.4 Å². The molecule has 0 saturated carbocycles. The van der Waals surface area contributed by atoms with E-state index in [1.807, 2.05) is 0 Å². The number of hydrogen-bond donors (Lipinski definition) is 2. The highest BCUT2D eigenvalue weighted by atomic mass is 16.5. The van der Waals surface area contributed by atoms with Crippen LogP contribution in [0.3, 0.4) is 0 Å². The van der Waals surface area contributed by atoms with Crippen molar-refractivity contribution >= 4 is 17.8 Å². The first-order valence-corrected chi connectivity index (χ1v) is 24.5. The summed E-state index contributed by atoms with van der Waals surface area (Å²) < 4.78 is 6.04. The van der Waals surface area contributed by atoms with Gasteiger partial charge in [0.25, 0.3) is 0 Å². The molecule has 0 aliphatic rings. The predicted octanol–water partition coefficient (Wildman–Crippen LogP) is 15.5. The summed E-state index contributed by atoms with van der Waals surface area (Å²) in [5.41, 5.74) is 0. The van der Waals surface area contributed by atoms with Gasteiger partial charge in [-0.15, -0.1) is 0 Å². The van der Waals surface area contributed by atoms with Gasteiger partial charge in [0.1, 0.15) is 12.6 Å². The van der Waals surface area contributed by atoms with Crippen LogP contribution in [0.15, 0.2) is 24.3 Å². The van der Waals surface area contributed by atoms with Gasteiger partial charge in [0.2, 0.25) is 5.91 Å². The predicted molar refractivity (Wildman–Crippen MR) is 240 cm³/mol. The van der Waals surface area contributed by atoms with Gasteiger partial charge in [-0.25, -0.2) is 0 Å². The summed E-state index contributed by atoms with van der Waals surface area (Å²) in [5.74, 6) is -1.24. The molecule has 6 heteroatoms. The number of nitrogens with one attached hydrogen (secondary N) is 1. The van der Waals surface area contributed by atoms with E-state index in [4.69, 9.17) is 9.84 Å². The third-order valence-corrected chi connectivity index (χ3v) is 11.1. The second kappa shape index (κ2) is 45.6. The van der Waals surface area contributed by atoms with Crippen molar-refractivity contribution in [2.24, 2.45) is 0 Å². The van der Waals surface area contributed by atoms with Crippen molar-refractivity contribution in [1.82, 2.24) is 5.32 Å². The maximum Gasteiger partial charge on any atom is 0.322 e. The van der Waals surface area contributed by atoms with Crippen LogP contribution >= 0.6 is 0 Å². The quantitative estimate of drug-likeness (QED) is 0.0364. The van der Waals surface area contributed by atoms with E-state index in [2.05, 4.69) is 43.5 Å². The molecule has 0 saturated heterocycles. The van der Waals surface area contributed by atoms with Crippen LogP contribution in [0.4, 0.5) is 0 Å². The Kier molecular flexibility index (Phi) is 43.9. The van der Waals surface area contributed by atoms with E-state index in [0.717, 1.165) is 70.6 Å². The fourth-order valence-electron chi connectivity index (χ4n) is 7.45. The summed E-state index contributed by atoms with van der Waals surface area (Å²) in [7, 11) is 0. The Morgan fingerprint density at radius 1 is 0.446 bits per heavy atom. The van der Waals surface area contributed by atoms with Gasteiger partial charge >= 0.3 is 11.9 Å². The summed E-state index contributed by atoms with van der Waals surface area (Å²) in [4.78, 5) is 35.1. The van der Waals surface area contributed by atoms with Crippen molar-refractivity contribution in [3.63, 3.8) is 0 Å². The van der Waals surface area contributed by atoms with Crippen LogP contribution in [0.25, 0.3) is 0 Å². The normalized spacial score (nSPS) is 12.2. The monoisotopic (exact) mass is 788 g/mol. The molecular weight excluding hydrogens is 695 g/mol. The maximum absolute atomic E-state index is 12.8. The molecule has 0 aromatic carbocycles. The lowest BCUT2D eigenvalue weighted by Crippen LogP contribution is -2.28. The Balaban J connectivity index is 4.09. The minimum absolute atomic E-state index is 0.00389. The van der Waals surface area contributed by atoms with E-state index in [0.29, 0.717) is 12.8 Å². The van der Waals surface area contributed by atoms with Crippen molar-refractivity contribution < 1.29 is 24.2 Å². The molecule has 0 aliphatic carbocycles. The maximum atomic E-state index is 12.8. The van der Waals surface area contributed by atoms with E-state index < -0.39 is 5.97 Å². The molecule has 0 heterocycles. The van der Waals surface area contributed by atoms with Crippen LogP contribution in [0.2, 0.25) is 0 Å². The minimum Gasteiger partial charge on any atom is -0.480 e. The highest BCUT2D eigenvalue weighted by Crippen LogP contribution is 2.18. The molecule has 2 N–H and O–H groups in total. The standard InChI is InChI=1S/C50H93NO5/c1-3-5-7-9-11-13-15-17-18-19-20-21-22-23-24-26-28-30-32-37-41-45-50(55)56-47(43-39-35-33-36-40-44-48(52)51-46-49(53)54)42-38-34-31-29-27-25-16-14-12-10-8-6-4-2/h19-20,29,31,47H,3-18,21-28,30,32-46H2,1-2H3,(H,51,52)(H,53,54)/b20-19-,31-29-. The van der Waals surface area contributed by atoms with Crippen LogP contribution in [0.5, 0.6) is 0 Å². The smallest absolute Gasteiger partial charge is 0.322 e. The van der Waals surface area contributed by atoms with Crippen molar-refractivity contribution in [2.45, 2.75) is 270 Å². The van der Waals surface area contributed by atoms with E-state index in [1.54, 1.807) is 0 Å². The Morgan fingerprint density at radius 2 is 0.786 bits per heavy atom. The third-order valence-electron chi connectivity index (χ3n) is 11.1. The molecule has 328 valence electrons. The molecule has 56 heavy (non-hydrogen) atoms. The number of carboxylic acid groups (broad SMARTS) is 1. The zero-order valence-electron chi connectivity index (χ0n) is 37.3. The number of unbranched alkanes of at least 4 members (excludes halogenated alkanes) is 30. The summed E-state index contributed by atoms with van der Waals surface area (Å²) >= 11 is 0. The molecule has 0 spiro atoms. The van der Waals surface area contributed by atoms with Crippen LogP contribution in [0, 0.1) is 0 Å². The molecule has 0 aromatic heterocycles. The largest absolute Gasteiger partial charge is 0.480 e. The molecule has 0 fully saturated rings. The van der Waals surface area contributed by atoms with Crippen molar-refractivity contribution in [2.75, 3.05) is 6.54 Å². The lowest BCUT2D eigenvalue weighted by atomic mass is 10.0. The molecule has 6 nitrogen and oxygen atoms in total. The number of esters is 1. The highest BCUT2D eigenvalue weighted by Gasteiger charge is 2.14. The number of ether oxygens (including phenoxy) is 1. The Labute approximate surface area is 347 Å². The fourth-order valence-corrected chi connectivity index (χ4v) is 7.45. The number of carboxylic acids is 1. The lowest BCUT2D eigenvalue weighted by molar-refractivity contribution is -0.150. The molecule has 0 rings (SSSR count). The van der Waals surface area contributed by atoms with Crippen LogP contribution in [-0.4, -0.2) is 35.6 Å².